The monoisotopic (exact) mass is 406 g/mol. The summed E-state index contributed by atoms with van der Waals surface area (Å²) in [4.78, 5) is 12.2. The van der Waals surface area contributed by atoms with Crippen LogP contribution in [0.1, 0.15) is 23.3 Å². The fourth-order valence-corrected chi connectivity index (χ4v) is 4.63. The third-order valence-electron chi connectivity index (χ3n) is 4.78. The Morgan fingerprint density at radius 2 is 2.04 bits per heavy atom. The minimum absolute atomic E-state index is 0.0707. The number of carbonyl (C=O) groups is 1. The molecule has 2 N–H and O–H groups in total. The van der Waals surface area contributed by atoms with E-state index in [1.54, 1.807) is 18.2 Å². The first kappa shape index (κ1) is 18.9. The summed E-state index contributed by atoms with van der Waals surface area (Å²) in [5.41, 5.74) is 1.41. The van der Waals surface area contributed by atoms with E-state index in [0.29, 0.717) is 43.3 Å². The van der Waals surface area contributed by atoms with Gasteiger partial charge < -0.3 is 14.8 Å². The highest BCUT2D eigenvalue weighted by molar-refractivity contribution is 7.89. The van der Waals surface area contributed by atoms with Gasteiger partial charge in [0.15, 0.2) is 0 Å². The Morgan fingerprint density at radius 3 is 2.71 bits per heavy atom. The number of ether oxygens (including phenoxy) is 2. The van der Waals surface area contributed by atoms with Crippen molar-refractivity contribution < 1.29 is 22.7 Å². The number of amides is 1. The maximum atomic E-state index is 13.1. The van der Waals surface area contributed by atoms with Gasteiger partial charge >= 0.3 is 0 Å². The Bertz CT molecular complexity index is 978. The van der Waals surface area contributed by atoms with Crippen LogP contribution in [0.5, 0.6) is 5.75 Å². The van der Waals surface area contributed by atoms with E-state index >= 15 is 0 Å². The molecular formula is C18H22N4O5S. The van der Waals surface area contributed by atoms with Gasteiger partial charge in [0, 0.05) is 24.7 Å². The molecule has 0 unspecified atom stereocenters. The molecule has 1 aromatic heterocycles. The molecule has 1 aromatic carbocycles. The summed E-state index contributed by atoms with van der Waals surface area (Å²) in [6, 6.07) is 6.70. The van der Waals surface area contributed by atoms with Crippen LogP contribution in [0.25, 0.3) is 11.3 Å². The van der Waals surface area contributed by atoms with Gasteiger partial charge in [-0.05, 0) is 37.1 Å². The van der Waals surface area contributed by atoms with Crippen molar-refractivity contribution in [2.45, 2.75) is 23.8 Å². The summed E-state index contributed by atoms with van der Waals surface area (Å²) in [7, 11) is -2.31. The van der Waals surface area contributed by atoms with Crippen LogP contribution in [0.15, 0.2) is 29.2 Å². The summed E-state index contributed by atoms with van der Waals surface area (Å²) in [6.07, 6.45) is 1.99. The summed E-state index contributed by atoms with van der Waals surface area (Å²) >= 11 is 0. The number of rotatable bonds is 6. The molecule has 2 aromatic rings. The van der Waals surface area contributed by atoms with Gasteiger partial charge in [0.05, 0.1) is 26.0 Å². The van der Waals surface area contributed by atoms with E-state index < -0.39 is 10.0 Å². The van der Waals surface area contributed by atoms with Gasteiger partial charge in [0.1, 0.15) is 16.3 Å². The van der Waals surface area contributed by atoms with E-state index in [0.717, 1.165) is 12.8 Å². The molecule has 1 aliphatic carbocycles. The number of aromatic nitrogens is 2. The highest BCUT2D eigenvalue weighted by atomic mass is 32.2. The zero-order chi connectivity index (χ0) is 19.7. The predicted octanol–water partition coefficient (Wildman–Crippen LogP) is 0.998. The van der Waals surface area contributed by atoms with E-state index in [1.165, 1.54) is 17.5 Å². The summed E-state index contributed by atoms with van der Waals surface area (Å²) in [5, 5.41) is 9.78. The Kier molecular flexibility index (Phi) is 5.09. The molecule has 9 nitrogen and oxygen atoms in total. The van der Waals surface area contributed by atoms with Gasteiger partial charge in [-0.2, -0.15) is 9.40 Å². The fourth-order valence-electron chi connectivity index (χ4n) is 3.04. The van der Waals surface area contributed by atoms with Crippen molar-refractivity contribution in [1.82, 2.24) is 19.8 Å². The number of benzene rings is 1. The molecular weight excluding hydrogens is 384 g/mol. The molecule has 1 amide bonds. The largest absolute Gasteiger partial charge is 0.495 e. The Balaban J connectivity index is 1.65. The number of methoxy groups -OCH3 is 1. The van der Waals surface area contributed by atoms with E-state index in [4.69, 9.17) is 9.47 Å². The second-order valence-corrected chi connectivity index (χ2v) is 8.70. The molecule has 0 atom stereocenters. The van der Waals surface area contributed by atoms with Gasteiger partial charge in [-0.15, -0.1) is 0 Å². The van der Waals surface area contributed by atoms with Crippen LogP contribution < -0.4 is 10.1 Å². The minimum atomic E-state index is -3.74. The molecule has 1 aliphatic heterocycles. The van der Waals surface area contributed by atoms with E-state index in [-0.39, 0.29) is 22.6 Å². The maximum absolute atomic E-state index is 13.1. The first-order chi connectivity index (χ1) is 13.5. The lowest BCUT2D eigenvalue weighted by atomic mass is 10.1. The molecule has 10 heteroatoms. The van der Waals surface area contributed by atoms with Gasteiger partial charge in [0.2, 0.25) is 10.0 Å². The Morgan fingerprint density at radius 1 is 1.29 bits per heavy atom. The van der Waals surface area contributed by atoms with Crippen molar-refractivity contribution in [3.8, 4) is 17.0 Å². The first-order valence-electron chi connectivity index (χ1n) is 9.11. The van der Waals surface area contributed by atoms with Gasteiger partial charge in [-0.1, -0.05) is 0 Å². The number of morpholine rings is 1. The maximum Gasteiger partial charge on any atom is 0.269 e. The van der Waals surface area contributed by atoms with Crippen LogP contribution in [0.2, 0.25) is 0 Å². The summed E-state index contributed by atoms with van der Waals surface area (Å²) in [5.74, 6) is 0.0494. The first-order valence-corrected chi connectivity index (χ1v) is 10.6. The smallest absolute Gasteiger partial charge is 0.269 e. The molecule has 2 heterocycles. The van der Waals surface area contributed by atoms with Crippen LogP contribution in [0, 0.1) is 0 Å². The average molecular weight is 406 g/mol. The summed E-state index contributed by atoms with van der Waals surface area (Å²) in [6.45, 7) is 1.31. The normalized spacial score (nSPS) is 18.0. The van der Waals surface area contributed by atoms with Crippen LogP contribution in [0.4, 0.5) is 0 Å². The quantitative estimate of drug-likeness (QED) is 0.740. The fraction of sp³-hybridized carbons (Fsp3) is 0.444. The number of hydrogen-bond acceptors (Lipinski definition) is 6. The topological polar surface area (TPSA) is 114 Å². The number of nitrogens with one attached hydrogen (secondary N) is 2. The Labute approximate surface area is 163 Å². The second-order valence-electron chi connectivity index (χ2n) is 6.80. The van der Waals surface area contributed by atoms with Gasteiger partial charge in [-0.3, -0.25) is 9.89 Å². The van der Waals surface area contributed by atoms with E-state index in [9.17, 15) is 13.2 Å². The number of hydrogen-bond donors (Lipinski definition) is 2. The van der Waals surface area contributed by atoms with Crippen molar-refractivity contribution in [1.29, 1.82) is 0 Å². The molecule has 2 fully saturated rings. The van der Waals surface area contributed by atoms with E-state index in [1.807, 2.05) is 0 Å². The van der Waals surface area contributed by atoms with Gasteiger partial charge in [0.25, 0.3) is 5.91 Å². The Hall–Kier alpha value is -2.43. The summed E-state index contributed by atoms with van der Waals surface area (Å²) < 4.78 is 38.1. The highest BCUT2D eigenvalue weighted by Crippen LogP contribution is 2.32. The molecule has 2 aliphatic rings. The van der Waals surface area contributed by atoms with Crippen LogP contribution >= 0.6 is 0 Å². The third kappa shape index (κ3) is 3.75. The molecule has 0 radical (unpaired) electrons. The molecule has 150 valence electrons. The van der Waals surface area contributed by atoms with Crippen molar-refractivity contribution in [2.75, 3.05) is 33.4 Å². The lowest BCUT2D eigenvalue weighted by Gasteiger charge is -2.26. The van der Waals surface area contributed by atoms with Crippen LogP contribution in [-0.2, 0) is 14.8 Å². The third-order valence-corrected chi connectivity index (χ3v) is 6.70. The minimum Gasteiger partial charge on any atom is -0.495 e. The molecule has 0 spiro atoms. The number of nitrogens with zero attached hydrogens (tertiary/aromatic N) is 2. The zero-order valence-electron chi connectivity index (χ0n) is 15.5. The number of sulfonamides is 1. The second kappa shape index (κ2) is 7.53. The number of carbonyl (C=O) groups excluding carboxylic acids is 1. The lowest BCUT2D eigenvalue weighted by molar-refractivity contribution is 0.0729. The molecule has 28 heavy (non-hydrogen) atoms. The standard InChI is InChI=1S/C18H22N4O5S/c1-26-16-5-2-12(10-17(16)28(24,25)22-6-8-27-9-7-22)14-11-15(21-20-14)18(23)19-13-3-4-13/h2,5,10-11,13H,3-4,6-9H2,1H3,(H,19,23)(H,20,21). The van der Waals surface area contributed by atoms with E-state index in [2.05, 4.69) is 15.5 Å². The SMILES string of the molecule is COc1ccc(-c2cc(C(=O)NC3CC3)[nH]n2)cc1S(=O)(=O)N1CCOCC1. The van der Waals surface area contributed by atoms with Crippen molar-refractivity contribution >= 4 is 15.9 Å². The molecule has 1 saturated heterocycles. The van der Waals surface area contributed by atoms with Crippen molar-refractivity contribution in [3.05, 3.63) is 30.0 Å². The lowest BCUT2D eigenvalue weighted by Crippen LogP contribution is -2.40. The predicted molar refractivity (Wildman–Crippen MR) is 101 cm³/mol. The van der Waals surface area contributed by atoms with Crippen LogP contribution in [0.3, 0.4) is 0 Å². The van der Waals surface area contributed by atoms with Crippen molar-refractivity contribution in [3.63, 3.8) is 0 Å². The molecule has 0 bridgehead atoms. The highest BCUT2D eigenvalue weighted by Gasteiger charge is 2.30. The number of H-pyrrole nitrogens is 1. The molecule has 4 rings (SSSR count). The van der Waals surface area contributed by atoms with Crippen LogP contribution in [-0.4, -0.2) is 68.3 Å². The average Bonchev–Trinajstić information content (AvgIpc) is 3.39. The number of aromatic amines is 1. The van der Waals surface area contributed by atoms with Crippen molar-refractivity contribution in [2.24, 2.45) is 0 Å². The van der Waals surface area contributed by atoms with Gasteiger partial charge in [-0.25, -0.2) is 8.42 Å². The molecule has 1 saturated carbocycles. The zero-order valence-corrected chi connectivity index (χ0v) is 16.3.